The van der Waals surface area contributed by atoms with Crippen molar-refractivity contribution >= 4 is 11.9 Å². The summed E-state index contributed by atoms with van der Waals surface area (Å²) in [6.07, 6.45) is 2.14. The summed E-state index contributed by atoms with van der Waals surface area (Å²) in [6.45, 7) is 4.12. The molecule has 6 heteroatoms. The Balaban J connectivity index is 1.39. The quantitative estimate of drug-likeness (QED) is 0.420. The number of benzene rings is 2. The third-order valence-corrected chi connectivity index (χ3v) is 4.48. The molecule has 0 atom stereocenters. The van der Waals surface area contributed by atoms with Crippen molar-refractivity contribution < 1.29 is 23.5 Å². The van der Waals surface area contributed by atoms with Gasteiger partial charge in [-0.1, -0.05) is 30.3 Å². The summed E-state index contributed by atoms with van der Waals surface area (Å²) in [6, 6.07) is 14.7. The summed E-state index contributed by atoms with van der Waals surface area (Å²) in [5.41, 5.74) is 3.81. The van der Waals surface area contributed by atoms with Crippen LogP contribution in [0.3, 0.4) is 0 Å². The van der Waals surface area contributed by atoms with Crippen molar-refractivity contribution in [3.8, 4) is 11.3 Å². The van der Waals surface area contributed by atoms with E-state index in [0.29, 0.717) is 23.6 Å². The Morgan fingerprint density at radius 2 is 1.72 bits per heavy atom. The molecule has 6 nitrogen and oxygen atoms in total. The number of hydrogen-bond donors (Lipinski definition) is 0. The minimum absolute atomic E-state index is 0.00932. The summed E-state index contributed by atoms with van der Waals surface area (Å²) >= 11 is 0. The molecule has 0 aliphatic carbocycles. The van der Waals surface area contributed by atoms with E-state index in [2.05, 4.69) is 11.9 Å². The number of carbonyl (C=O) groups is 2. The van der Waals surface area contributed by atoms with Gasteiger partial charge in [-0.25, -0.2) is 9.78 Å². The smallest absolute Gasteiger partial charge is 0.338 e. The summed E-state index contributed by atoms with van der Waals surface area (Å²) in [5, 5.41) is 0. The van der Waals surface area contributed by atoms with Gasteiger partial charge in [0.05, 0.1) is 18.2 Å². The largest absolute Gasteiger partial charge is 0.462 e. The normalized spacial score (nSPS) is 10.6. The van der Waals surface area contributed by atoms with E-state index in [-0.39, 0.29) is 19.6 Å². The van der Waals surface area contributed by atoms with Crippen molar-refractivity contribution in [2.45, 2.75) is 26.7 Å². The molecule has 0 amide bonds. The Morgan fingerprint density at radius 1 is 0.966 bits per heavy atom. The third kappa shape index (κ3) is 5.78. The SMILES string of the molecule is Cc1ccc(-c2cnc(CCC(=O)OCCOC(=O)c3ccccc3)o2)cc1C. The maximum absolute atomic E-state index is 11.9. The van der Waals surface area contributed by atoms with E-state index in [1.807, 2.05) is 31.2 Å². The highest BCUT2D eigenvalue weighted by Gasteiger charge is 2.11. The van der Waals surface area contributed by atoms with E-state index in [0.717, 1.165) is 5.56 Å². The molecule has 1 heterocycles. The zero-order valence-corrected chi connectivity index (χ0v) is 16.5. The van der Waals surface area contributed by atoms with E-state index >= 15 is 0 Å². The molecule has 0 saturated carbocycles. The second-order valence-electron chi connectivity index (χ2n) is 6.64. The van der Waals surface area contributed by atoms with Crippen molar-refractivity contribution in [3.05, 3.63) is 77.3 Å². The van der Waals surface area contributed by atoms with Crippen LogP contribution >= 0.6 is 0 Å². The van der Waals surface area contributed by atoms with Crippen LogP contribution in [-0.2, 0) is 20.7 Å². The van der Waals surface area contributed by atoms with Crippen molar-refractivity contribution in [1.82, 2.24) is 4.98 Å². The lowest BCUT2D eigenvalue weighted by atomic mass is 10.1. The molecule has 29 heavy (non-hydrogen) atoms. The van der Waals surface area contributed by atoms with Crippen LogP contribution in [0.15, 0.2) is 59.1 Å². The first-order chi connectivity index (χ1) is 14.0. The highest BCUT2D eigenvalue weighted by molar-refractivity contribution is 5.89. The summed E-state index contributed by atoms with van der Waals surface area (Å²) < 4.78 is 15.9. The molecule has 2 aromatic carbocycles. The minimum atomic E-state index is -0.444. The zero-order valence-electron chi connectivity index (χ0n) is 16.5. The van der Waals surface area contributed by atoms with Crippen molar-refractivity contribution in [2.75, 3.05) is 13.2 Å². The molecule has 0 bridgehead atoms. The monoisotopic (exact) mass is 393 g/mol. The molecule has 3 rings (SSSR count). The van der Waals surface area contributed by atoms with Gasteiger partial charge in [-0.3, -0.25) is 4.79 Å². The fourth-order valence-corrected chi connectivity index (χ4v) is 2.68. The van der Waals surface area contributed by atoms with Crippen molar-refractivity contribution in [1.29, 1.82) is 0 Å². The van der Waals surface area contributed by atoms with Crippen LogP contribution < -0.4 is 0 Å². The first kappa shape index (κ1) is 20.3. The van der Waals surface area contributed by atoms with E-state index in [1.54, 1.807) is 30.5 Å². The molecule has 0 saturated heterocycles. The van der Waals surface area contributed by atoms with Crippen LogP contribution in [0.25, 0.3) is 11.3 Å². The Hall–Kier alpha value is -3.41. The van der Waals surface area contributed by atoms with Gasteiger partial charge >= 0.3 is 11.9 Å². The summed E-state index contributed by atoms with van der Waals surface area (Å²) in [7, 11) is 0. The number of ether oxygens (including phenoxy) is 2. The van der Waals surface area contributed by atoms with E-state index in [4.69, 9.17) is 13.9 Å². The Morgan fingerprint density at radius 3 is 2.48 bits per heavy atom. The molecule has 1 aromatic heterocycles. The molecule has 0 radical (unpaired) electrons. The van der Waals surface area contributed by atoms with Crippen LogP contribution in [0.5, 0.6) is 0 Å². The zero-order chi connectivity index (χ0) is 20.6. The highest BCUT2D eigenvalue weighted by Crippen LogP contribution is 2.23. The van der Waals surface area contributed by atoms with E-state index < -0.39 is 11.9 Å². The number of rotatable bonds is 8. The fraction of sp³-hybridized carbons (Fsp3) is 0.261. The van der Waals surface area contributed by atoms with Crippen LogP contribution in [0.2, 0.25) is 0 Å². The Kier molecular flexibility index (Phi) is 6.79. The van der Waals surface area contributed by atoms with Gasteiger partial charge < -0.3 is 13.9 Å². The number of oxazole rings is 1. The molecular weight excluding hydrogens is 370 g/mol. The first-order valence-corrected chi connectivity index (χ1v) is 9.43. The van der Waals surface area contributed by atoms with Crippen molar-refractivity contribution in [2.24, 2.45) is 0 Å². The van der Waals surface area contributed by atoms with Crippen LogP contribution in [0, 0.1) is 13.8 Å². The van der Waals surface area contributed by atoms with Gasteiger partial charge in [0.15, 0.2) is 11.7 Å². The van der Waals surface area contributed by atoms with Crippen LogP contribution in [0.4, 0.5) is 0 Å². The molecule has 0 unspecified atom stereocenters. The molecule has 3 aromatic rings. The molecule has 0 N–H and O–H groups in total. The standard InChI is InChI=1S/C23H23NO5/c1-16-8-9-19(14-17(16)2)20-15-24-21(29-20)10-11-22(25)27-12-13-28-23(26)18-6-4-3-5-7-18/h3-9,14-15H,10-13H2,1-2H3. The molecule has 0 aliphatic heterocycles. The van der Waals surface area contributed by atoms with Gasteiger partial charge in [0, 0.05) is 12.0 Å². The lowest BCUT2D eigenvalue weighted by Crippen LogP contribution is -2.14. The summed E-state index contributed by atoms with van der Waals surface area (Å²) in [5.74, 6) is 0.307. The van der Waals surface area contributed by atoms with Crippen LogP contribution in [-0.4, -0.2) is 30.1 Å². The van der Waals surface area contributed by atoms with Gasteiger partial charge in [-0.05, 0) is 43.2 Å². The summed E-state index contributed by atoms with van der Waals surface area (Å²) in [4.78, 5) is 27.9. The van der Waals surface area contributed by atoms with Gasteiger partial charge in [-0.2, -0.15) is 0 Å². The number of hydrogen-bond acceptors (Lipinski definition) is 6. The average Bonchev–Trinajstić information content (AvgIpc) is 3.21. The van der Waals surface area contributed by atoms with E-state index in [1.165, 1.54) is 11.1 Å². The molecule has 0 aliphatic rings. The van der Waals surface area contributed by atoms with Gasteiger partial charge in [0.1, 0.15) is 13.2 Å². The second-order valence-corrected chi connectivity index (χ2v) is 6.64. The highest BCUT2D eigenvalue weighted by atomic mass is 16.6. The number of nitrogens with zero attached hydrogens (tertiary/aromatic N) is 1. The van der Waals surface area contributed by atoms with Gasteiger partial charge in [0.25, 0.3) is 0 Å². The maximum Gasteiger partial charge on any atom is 0.338 e. The average molecular weight is 393 g/mol. The molecule has 0 spiro atoms. The van der Waals surface area contributed by atoms with Crippen molar-refractivity contribution in [3.63, 3.8) is 0 Å². The Labute approximate surface area is 169 Å². The minimum Gasteiger partial charge on any atom is -0.462 e. The molecule has 0 fully saturated rings. The number of aromatic nitrogens is 1. The Bertz CT molecular complexity index is 978. The lowest BCUT2D eigenvalue weighted by Gasteiger charge is -2.06. The lowest BCUT2D eigenvalue weighted by molar-refractivity contribution is -0.144. The number of aryl methyl sites for hydroxylation is 3. The molecule has 150 valence electrons. The topological polar surface area (TPSA) is 78.6 Å². The second kappa shape index (κ2) is 9.68. The third-order valence-electron chi connectivity index (χ3n) is 4.48. The predicted molar refractivity (Wildman–Crippen MR) is 107 cm³/mol. The van der Waals surface area contributed by atoms with Gasteiger partial charge in [-0.15, -0.1) is 0 Å². The number of carbonyl (C=O) groups excluding carboxylic acids is 2. The van der Waals surface area contributed by atoms with Crippen LogP contribution in [0.1, 0.15) is 33.8 Å². The maximum atomic E-state index is 11.9. The van der Waals surface area contributed by atoms with E-state index in [9.17, 15) is 9.59 Å². The fourth-order valence-electron chi connectivity index (χ4n) is 2.68. The first-order valence-electron chi connectivity index (χ1n) is 9.43. The van der Waals surface area contributed by atoms with Gasteiger partial charge in [0.2, 0.25) is 0 Å². The molecular formula is C23H23NO5. The predicted octanol–water partition coefficient (Wildman–Crippen LogP) is 4.29. The number of esters is 2.